The molecule has 0 saturated heterocycles. The van der Waals surface area contributed by atoms with E-state index in [4.69, 9.17) is 0 Å². The second-order valence-corrected chi connectivity index (χ2v) is 6.30. The average molecular weight is 279 g/mol. The number of rotatable bonds is 4. The number of nitrogens with one attached hydrogen (secondary N) is 1. The summed E-state index contributed by atoms with van der Waals surface area (Å²) < 4.78 is 28.5. The Kier molecular flexibility index (Phi) is 3.73. The van der Waals surface area contributed by atoms with Crippen molar-refractivity contribution in [3.05, 3.63) is 42.1 Å². The van der Waals surface area contributed by atoms with Crippen LogP contribution in [0.3, 0.4) is 0 Å². The summed E-state index contributed by atoms with van der Waals surface area (Å²) in [5.41, 5.74) is 1.73. The van der Waals surface area contributed by atoms with Crippen LogP contribution in [-0.2, 0) is 10.0 Å². The summed E-state index contributed by atoms with van der Waals surface area (Å²) in [5.74, 6) is 0. The van der Waals surface area contributed by atoms with Gasteiger partial charge in [0.2, 0.25) is 0 Å². The lowest BCUT2D eigenvalue weighted by Crippen LogP contribution is -2.31. The van der Waals surface area contributed by atoms with Gasteiger partial charge in [-0.3, -0.25) is 0 Å². The number of sulfonamides is 1. The van der Waals surface area contributed by atoms with E-state index in [0.29, 0.717) is 0 Å². The zero-order chi connectivity index (χ0) is 14.0. The molecule has 0 saturated carbocycles. The van der Waals surface area contributed by atoms with Crippen LogP contribution in [0.25, 0.3) is 5.69 Å². The molecule has 0 amide bonds. The highest BCUT2D eigenvalue weighted by atomic mass is 32.2. The van der Waals surface area contributed by atoms with Gasteiger partial charge in [0, 0.05) is 6.04 Å². The molecule has 1 heterocycles. The minimum Gasteiger partial charge on any atom is -0.220 e. The van der Waals surface area contributed by atoms with Crippen LogP contribution in [0.1, 0.15) is 19.4 Å². The van der Waals surface area contributed by atoms with Crippen molar-refractivity contribution in [3.8, 4) is 5.69 Å². The molecular weight excluding hydrogens is 262 g/mol. The van der Waals surface area contributed by atoms with Crippen LogP contribution in [0.4, 0.5) is 0 Å². The molecule has 2 rings (SSSR count). The minimum absolute atomic E-state index is 0.149. The molecule has 0 atom stereocenters. The van der Waals surface area contributed by atoms with Crippen molar-refractivity contribution in [3.63, 3.8) is 0 Å². The number of hydrogen-bond donors (Lipinski definition) is 1. The molecule has 19 heavy (non-hydrogen) atoms. The quantitative estimate of drug-likeness (QED) is 0.929. The van der Waals surface area contributed by atoms with Crippen molar-refractivity contribution < 1.29 is 8.42 Å². The fourth-order valence-corrected chi connectivity index (χ4v) is 3.20. The summed E-state index contributed by atoms with van der Waals surface area (Å²) in [5, 5.41) is 4.27. The summed E-state index contributed by atoms with van der Waals surface area (Å²) in [6.07, 6.45) is 1.49. The molecule has 5 nitrogen and oxygen atoms in total. The third-order valence-corrected chi connectivity index (χ3v) is 4.26. The van der Waals surface area contributed by atoms with Gasteiger partial charge in [0.15, 0.2) is 5.03 Å². The van der Waals surface area contributed by atoms with Crippen molar-refractivity contribution >= 4 is 10.0 Å². The molecule has 6 heteroatoms. The number of nitrogens with zero attached hydrogens (tertiary/aromatic N) is 2. The smallest absolute Gasteiger partial charge is 0.220 e. The van der Waals surface area contributed by atoms with Gasteiger partial charge in [-0.25, -0.2) is 17.8 Å². The second kappa shape index (κ2) is 5.14. The van der Waals surface area contributed by atoms with Crippen LogP contribution in [0.15, 0.2) is 41.6 Å². The first kappa shape index (κ1) is 13.8. The van der Waals surface area contributed by atoms with Crippen molar-refractivity contribution in [1.29, 1.82) is 0 Å². The van der Waals surface area contributed by atoms with E-state index in [0.717, 1.165) is 11.3 Å². The van der Waals surface area contributed by atoms with Crippen LogP contribution in [0.2, 0.25) is 0 Å². The van der Waals surface area contributed by atoms with E-state index < -0.39 is 10.0 Å². The monoisotopic (exact) mass is 279 g/mol. The van der Waals surface area contributed by atoms with E-state index in [-0.39, 0.29) is 11.1 Å². The number of aromatic nitrogens is 2. The van der Waals surface area contributed by atoms with E-state index in [1.165, 1.54) is 16.9 Å². The Labute approximate surface area is 113 Å². The molecule has 2 aromatic rings. The molecule has 1 N–H and O–H groups in total. The summed E-state index contributed by atoms with van der Waals surface area (Å²) in [6.45, 7) is 5.49. The molecule has 0 spiro atoms. The van der Waals surface area contributed by atoms with Gasteiger partial charge in [0.25, 0.3) is 10.0 Å². The van der Waals surface area contributed by atoms with Gasteiger partial charge in [0.05, 0.1) is 11.9 Å². The lowest BCUT2D eigenvalue weighted by Gasteiger charge is -2.12. The molecule has 1 aromatic heterocycles. The number of para-hydroxylation sites is 1. The Bertz CT molecular complexity index is 675. The summed E-state index contributed by atoms with van der Waals surface area (Å²) in [6, 6.07) is 8.86. The molecule has 102 valence electrons. The molecule has 0 unspecified atom stereocenters. The SMILES string of the molecule is Cc1ccccc1-n1nccc1S(=O)(=O)NC(C)C. The van der Waals surface area contributed by atoms with Gasteiger partial charge >= 0.3 is 0 Å². The van der Waals surface area contributed by atoms with E-state index in [2.05, 4.69) is 9.82 Å². The maximum absolute atomic E-state index is 12.2. The fourth-order valence-electron chi connectivity index (χ4n) is 1.85. The van der Waals surface area contributed by atoms with Gasteiger partial charge < -0.3 is 0 Å². The summed E-state index contributed by atoms with van der Waals surface area (Å²) in [7, 11) is -3.56. The molecule has 0 fully saturated rings. The van der Waals surface area contributed by atoms with E-state index in [1.54, 1.807) is 13.8 Å². The predicted molar refractivity (Wildman–Crippen MR) is 73.8 cm³/mol. The van der Waals surface area contributed by atoms with Crippen LogP contribution in [0.5, 0.6) is 0 Å². The maximum Gasteiger partial charge on any atom is 0.258 e. The lowest BCUT2D eigenvalue weighted by molar-refractivity contribution is 0.560. The van der Waals surface area contributed by atoms with Crippen molar-refractivity contribution in [1.82, 2.24) is 14.5 Å². The van der Waals surface area contributed by atoms with Crippen molar-refractivity contribution in [2.75, 3.05) is 0 Å². The molecule has 1 aromatic carbocycles. The largest absolute Gasteiger partial charge is 0.258 e. The Morgan fingerprint density at radius 1 is 1.21 bits per heavy atom. The van der Waals surface area contributed by atoms with Gasteiger partial charge in [-0.1, -0.05) is 18.2 Å². The Morgan fingerprint density at radius 3 is 2.53 bits per heavy atom. The molecular formula is C13H17N3O2S. The third kappa shape index (κ3) is 2.85. The van der Waals surface area contributed by atoms with Gasteiger partial charge in [-0.05, 0) is 38.5 Å². The molecule has 0 aliphatic carbocycles. The first-order valence-corrected chi connectivity index (χ1v) is 7.52. The van der Waals surface area contributed by atoms with Gasteiger partial charge in [0.1, 0.15) is 0 Å². The Hall–Kier alpha value is -1.66. The molecule has 0 radical (unpaired) electrons. The minimum atomic E-state index is -3.56. The van der Waals surface area contributed by atoms with Crippen molar-refractivity contribution in [2.45, 2.75) is 31.8 Å². The van der Waals surface area contributed by atoms with E-state index in [1.807, 2.05) is 31.2 Å². The normalized spacial score (nSPS) is 12.0. The first-order valence-electron chi connectivity index (χ1n) is 6.04. The average Bonchev–Trinajstić information content (AvgIpc) is 2.77. The first-order chi connectivity index (χ1) is 8.92. The zero-order valence-corrected chi connectivity index (χ0v) is 12.0. The van der Waals surface area contributed by atoms with Crippen LogP contribution < -0.4 is 4.72 Å². The number of benzene rings is 1. The number of aryl methyl sites for hydroxylation is 1. The molecule has 0 aliphatic heterocycles. The summed E-state index contributed by atoms with van der Waals surface area (Å²) >= 11 is 0. The Morgan fingerprint density at radius 2 is 1.89 bits per heavy atom. The highest BCUT2D eigenvalue weighted by Crippen LogP contribution is 2.18. The highest BCUT2D eigenvalue weighted by molar-refractivity contribution is 7.89. The van der Waals surface area contributed by atoms with Crippen LogP contribution in [-0.4, -0.2) is 24.2 Å². The van der Waals surface area contributed by atoms with E-state index >= 15 is 0 Å². The predicted octanol–water partition coefficient (Wildman–Crippen LogP) is 1.87. The third-order valence-electron chi connectivity index (χ3n) is 2.62. The topological polar surface area (TPSA) is 64.0 Å². The Balaban J connectivity index is 2.53. The molecule has 0 bridgehead atoms. The highest BCUT2D eigenvalue weighted by Gasteiger charge is 2.21. The zero-order valence-electron chi connectivity index (χ0n) is 11.2. The molecule has 0 aliphatic rings. The maximum atomic E-state index is 12.2. The standard InChI is InChI=1S/C13H17N3O2S/c1-10(2)15-19(17,18)13-8-9-14-16(13)12-7-5-4-6-11(12)3/h4-10,15H,1-3H3. The fraction of sp³-hybridized carbons (Fsp3) is 0.308. The van der Waals surface area contributed by atoms with Crippen molar-refractivity contribution in [2.24, 2.45) is 0 Å². The lowest BCUT2D eigenvalue weighted by atomic mass is 10.2. The van der Waals surface area contributed by atoms with Gasteiger partial charge in [-0.15, -0.1) is 0 Å². The van der Waals surface area contributed by atoms with E-state index in [9.17, 15) is 8.42 Å². The summed E-state index contributed by atoms with van der Waals surface area (Å²) in [4.78, 5) is 0. The number of hydrogen-bond acceptors (Lipinski definition) is 3. The second-order valence-electron chi connectivity index (χ2n) is 4.64. The van der Waals surface area contributed by atoms with Crippen LogP contribution >= 0.6 is 0 Å². The van der Waals surface area contributed by atoms with Crippen LogP contribution in [0, 0.1) is 6.92 Å². The van der Waals surface area contributed by atoms with Gasteiger partial charge in [-0.2, -0.15) is 5.10 Å².